The molecule has 4 N–H and O–H groups in total. The minimum Gasteiger partial charge on any atom is -0.463 e. The number of guanidine groups is 1. The Morgan fingerprint density at radius 1 is 1.21 bits per heavy atom. The summed E-state index contributed by atoms with van der Waals surface area (Å²) in [4.78, 5) is 4.53. The van der Waals surface area contributed by atoms with Gasteiger partial charge in [0.2, 0.25) is 10.0 Å². The summed E-state index contributed by atoms with van der Waals surface area (Å²) in [5, 5.41) is 16.9. The summed E-state index contributed by atoms with van der Waals surface area (Å²) in [6.07, 6.45) is 0. The van der Waals surface area contributed by atoms with E-state index < -0.39 is 15.6 Å². The van der Waals surface area contributed by atoms with Crippen LogP contribution in [0.1, 0.15) is 36.5 Å². The predicted molar refractivity (Wildman–Crippen MR) is 114 cm³/mol. The molecule has 0 bridgehead atoms. The molecule has 0 saturated heterocycles. The molecule has 1 unspecified atom stereocenters. The Balaban J connectivity index is 2.05. The van der Waals surface area contributed by atoms with E-state index in [-0.39, 0.29) is 12.3 Å². The van der Waals surface area contributed by atoms with Crippen LogP contribution in [0.15, 0.2) is 45.8 Å². The lowest BCUT2D eigenvalue weighted by atomic mass is 10.0. The Kier molecular flexibility index (Phi) is 7.83. The molecule has 0 aliphatic heterocycles. The zero-order valence-corrected chi connectivity index (χ0v) is 18.1. The Labute approximate surface area is 172 Å². The van der Waals surface area contributed by atoms with Crippen LogP contribution in [0.4, 0.5) is 0 Å². The average Bonchev–Trinajstić information content (AvgIpc) is 3.11. The Bertz CT molecular complexity index is 935. The minimum atomic E-state index is -3.33. The van der Waals surface area contributed by atoms with Crippen molar-refractivity contribution in [2.75, 3.05) is 20.1 Å². The standard InChI is InChI=1S/C20H30N4O4S/c1-5-22-19(24-14-20(3,25)18-10-9-15(2)28-18)23-12-16-7-6-8-17(11-16)13-29(26,27)21-4/h6-11,21,25H,5,12-14H2,1-4H3,(H2,22,23,24). The first-order valence-corrected chi connectivity index (χ1v) is 11.1. The van der Waals surface area contributed by atoms with Gasteiger partial charge in [0.05, 0.1) is 18.8 Å². The van der Waals surface area contributed by atoms with Gasteiger partial charge in [-0.1, -0.05) is 24.3 Å². The summed E-state index contributed by atoms with van der Waals surface area (Å²) in [6.45, 7) is 6.70. The quantitative estimate of drug-likeness (QED) is 0.360. The molecule has 0 saturated carbocycles. The van der Waals surface area contributed by atoms with Crippen LogP contribution in [0.25, 0.3) is 0 Å². The van der Waals surface area contributed by atoms with Crippen molar-refractivity contribution in [2.45, 2.75) is 38.7 Å². The summed E-state index contributed by atoms with van der Waals surface area (Å²) >= 11 is 0. The Morgan fingerprint density at radius 2 is 1.93 bits per heavy atom. The number of furan rings is 1. The van der Waals surface area contributed by atoms with Crippen LogP contribution in [0, 0.1) is 6.92 Å². The third-order valence-electron chi connectivity index (χ3n) is 4.29. The van der Waals surface area contributed by atoms with Crippen molar-refractivity contribution in [1.29, 1.82) is 0 Å². The fourth-order valence-electron chi connectivity index (χ4n) is 2.69. The van der Waals surface area contributed by atoms with Gasteiger partial charge in [-0.2, -0.15) is 0 Å². The van der Waals surface area contributed by atoms with Crippen molar-refractivity contribution in [3.8, 4) is 0 Å². The van der Waals surface area contributed by atoms with E-state index in [2.05, 4.69) is 20.3 Å². The first-order valence-electron chi connectivity index (χ1n) is 9.45. The third-order valence-corrected chi connectivity index (χ3v) is 5.63. The SMILES string of the molecule is CCNC(=NCc1cccc(CS(=O)(=O)NC)c1)NCC(C)(O)c1ccc(C)o1. The van der Waals surface area contributed by atoms with Gasteiger partial charge in [-0.3, -0.25) is 0 Å². The van der Waals surface area contributed by atoms with Crippen LogP contribution >= 0.6 is 0 Å². The highest BCUT2D eigenvalue weighted by Crippen LogP contribution is 2.21. The van der Waals surface area contributed by atoms with Crippen LogP contribution in [0.3, 0.4) is 0 Å². The minimum absolute atomic E-state index is 0.0786. The molecule has 2 aromatic rings. The highest BCUT2D eigenvalue weighted by Gasteiger charge is 2.27. The van der Waals surface area contributed by atoms with Crippen LogP contribution < -0.4 is 15.4 Å². The van der Waals surface area contributed by atoms with Gasteiger partial charge in [-0.25, -0.2) is 18.1 Å². The van der Waals surface area contributed by atoms with Crippen molar-refractivity contribution < 1.29 is 17.9 Å². The molecule has 160 valence electrons. The molecule has 1 heterocycles. The average molecular weight is 423 g/mol. The monoisotopic (exact) mass is 422 g/mol. The maximum Gasteiger partial charge on any atom is 0.215 e. The number of aryl methyl sites for hydroxylation is 1. The van der Waals surface area contributed by atoms with E-state index in [4.69, 9.17) is 4.42 Å². The van der Waals surface area contributed by atoms with Crippen molar-refractivity contribution in [2.24, 2.45) is 4.99 Å². The molecule has 0 radical (unpaired) electrons. The molecular weight excluding hydrogens is 392 g/mol. The van der Waals surface area contributed by atoms with Crippen molar-refractivity contribution >= 4 is 16.0 Å². The van der Waals surface area contributed by atoms with E-state index >= 15 is 0 Å². The molecule has 9 heteroatoms. The molecule has 0 amide bonds. The first kappa shape index (κ1) is 22.9. The second-order valence-corrected chi connectivity index (χ2v) is 8.94. The fourth-order valence-corrected chi connectivity index (χ4v) is 3.45. The highest BCUT2D eigenvalue weighted by atomic mass is 32.2. The topological polar surface area (TPSA) is 116 Å². The van der Waals surface area contributed by atoms with Gasteiger partial charge in [0.1, 0.15) is 17.1 Å². The van der Waals surface area contributed by atoms with Crippen LogP contribution in [-0.2, 0) is 27.9 Å². The molecule has 0 fully saturated rings. The lowest BCUT2D eigenvalue weighted by Crippen LogP contribution is -2.44. The van der Waals surface area contributed by atoms with Gasteiger partial charge in [-0.05, 0) is 51.1 Å². The van der Waals surface area contributed by atoms with Crippen LogP contribution in [-0.4, -0.2) is 39.6 Å². The summed E-state index contributed by atoms with van der Waals surface area (Å²) in [5.74, 6) is 1.69. The number of rotatable bonds is 9. The van der Waals surface area contributed by atoms with Gasteiger partial charge < -0.3 is 20.2 Å². The van der Waals surface area contributed by atoms with E-state index in [0.29, 0.717) is 30.4 Å². The number of nitrogens with one attached hydrogen (secondary N) is 3. The molecule has 1 aromatic carbocycles. The lowest BCUT2D eigenvalue weighted by molar-refractivity contribution is 0.0378. The fraction of sp³-hybridized carbons (Fsp3) is 0.450. The normalized spacial score (nSPS) is 14.4. The third kappa shape index (κ3) is 7.19. The molecule has 2 rings (SSSR count). The predicted octanol–water partition coefficient (Wildman–Crippen LogP) is 1.60. The van der Waals surface area contributed by atoms with E-state index in [1.807, 2.05) is 38.1 Å². The van der Waals surface area contributed by atoms with Crippen molar-refractivity contribution in [3.63, 3.8) is 0 Å². The second-order valence-electron chi connectivity index (χ2n) is 7.02. The van der Waals surface area contributed by atoms with Gasteiger partial charge >= 0.3 is 0 Å². The van der Waals surface area contributed by atoms with Gasteiger partial charge in [-0.15, -0.1) is 0 Å². The summed E-state index contributed by atoms with van der Waals surface area (Å²) < 4.78 is 31.3. The summed E-state index contributed by atoms with van der Waals surface area (Å²) in [7, 11) is -1.93. The largest absolute Gasteiger partial charge is 0.463 e. The van der Waals surface area contributed by atoms with E-state index in [9.17, 15) is 13.5 Å². The molecule has 0 spiro atoms. The van der Waals surface area contributed by atoms with E-state index in [1.165, 1.54) is 7.05 Å². The molecule has 0 aliphatic carbocycles. The number of nitrogens with zero attached hydrogens (tertiary/aromatic N) is 1. The van der Waals surface area contributed by atoms with Gasteiger partial charge in [0.15, 0.2) is 5.96 Å². The maximum absolute atomic E-state index is 11.7. The molecule has 29 heavy (non-hydrogen) atoms. The van der Waals surface area contributed by atoms with E-state index in [1.54, 1.807) is 19.1 Å². The number of benzene rings is 1. The van der Waals surface area contributed by atoms with Crippen molar-refractivity contribution in [3.05, 3.63) is 59.0 Å². The molecular formula is C20H30N4O4S. The number of sulfonamides is 1. The van der Waals surface area contributed by atoms with E-state index in [0.717, 1.165) is 11.3 Å². The zero-order valence-electron chi connectivity index (χ0n) is 17.3. The number of aliphatic imine (C=N–C) groups is 1. The second kappa shape index (κ2) is 9.91. The Morgan fingerprint density at radius 3 is 2.55 bits per heavy atom. The van der Waals surface area contributed by atoms with Gasteiger partial charge in [0, 0.05) is 6.54 Å². The van der Waals surface area contributed by atoms with Crippen LogP contribution in [0.5, 0.6) is 0 Å². The molecule has 0 aliphatic rings. The molecule has 1 aromatic heterocycles. The molecule has 8 nitrogen and oxygen atoms in total. The number of aliphatic hydroxyl groups is 1. The zero-order chi connectivity index (χ0) is 21.5. The van der Waals surface area contributed by atoms with Gasteiger partial charge in [0.25, 0.3) is 0 Å². The maximum atomic E-state index is 11.7. The summed E-state index contributed by atoms with van der Waals surface area (Å²) in [5.41, 5.74) is 0.395. The molecule has 1 atom stereocenters. The number of hydrogen-bond acceptors (Lipinski definition) is 5. The number of hydrogen-bond donors (Lipinski definition) is 4. The lowest BCUT2D eigenvalue weighted by Gasteiger charge is -2.22. The highest BCUT2D eigenvalue weighted by molar-refractivity contribution is 7.88. The van der Waals surface area contributed by atoms with Crippen molar-refractivity contribution in [1.82, 2.24) is 15.4 Å². The van der Waals surface area contributed by atoms with Crippen LogP contribution in [0.2, 0.25) is 0 Å². The summed E-state index contributed by atoms with van der Waals surface area (Å²) in [6, 6.07) is 10.9. The Hall–Kier alpha value is -2.36. The smallest absolute Gasteiger partial charge is 0.215 e. The first-order chi connectivity index (χ1) is 13.6.